The van der Waals surface area contributed by atoms with Crippen LogP contribution in [0.3, 0.4) is 0 Å². The number of rotatable bonds is 8. The van der Waals surface area contributed by atoms with Crippen LogP contribution in [0.15, 0.2) is 200 Å². The molecule has 6 nitrogen and oxygen atoms in total. The summed E-state index contributed by atoms with van der Waals surface area (Å²) in [5.41, 5.74) is 17.5. The Balaban J connectivity index is 1.28. The molecule has 0 N–H and O–H groups in total. The van der Waals surface area contributed by atoms with E-state index in [1.807, 2.05) is 97.1 Å². The number of nitrogens with zero attached hydrogens (tertiary/aromatic N) is 6. The van der Waals surface area contributed by atoms with Crippen LogP contribution in [-0.2, 0) is 0 Å². The first-order valence-electron chi connectivity index (χ1n) is 22.1. The van der Waals surface area contributed by atoms with Crippen LogP contribution in [0.5, 0.6) is 0 Å². The molecule has 0 spiro atoms. The average Bonchev–Trinajstić information content (AvgIpc) is 3.69. The largest absolute Gasteiger partial charge is 0.308 e. The molecular weight excluding hydrogens is 805 g/mol. The van der Waals surface area contributed by atoms with Gasteiger partial charge in [-0.1, -0.05) is 163 Å². The van der Waals surface area contributed by atoms with Crippen molar-refractivity contribution in [3.63, 3.8) is 0 Å². The summed E-state index contributed by atoms with van der Waals surface area (Å²) in [6.07, 6.45) is 0. The molecule has 0 aliphatic carbocycles. The molecule has 11 rings (SSSR count). The van der Waals surface area contributed by atoms with Crippen LogP contribution in [0.1, 0.15) is 22.3 Å². The highest BCUT2D eigenvalue weighted by molar-refractivity contribution is 6.12. The Morgan fingerprint density at radius 3 is 1.24 bits per heavy atom. The first-order valence-corrected chi connectivity index (χ1v) is 22.1. The fraction of sp³-hybridized carbons (Fsp3) is 0.0500. The standard InChI is InChI=1S/C60H42N6/c1-38-30-39(2)57(40(3)31-38)46-28-29-56-48(34-46)47-26-16-17-27-55(47)66(56)58-49(59-62-51(42-18-8-4-9-19-42)35-52(63-59)43-20-10-5-11-21-43)32-41(37-61)33-50(58)60-64-53(44-22-12-6-13-23-44)36-54(65-60)45-24-14-7-15-25-45/h4-36H,1-3H3. The molecule has 0 saturated carbocycles. The van der Waals surface area contributed by atoms with Crippen molar-refractivity contribution >= 4 is 21.8 Å². The lowest BCUT2D eigenvalue weighted by Gasteiger charge is -2.20. The highest BCUT2D eigenvalue weighted by atomic mass is 15.0. The van der Waals surface area contributed by atoms with Gasteiger partial charge < -0.3 is 4.57 Å². The van der Waals surface area contributed by atoms with Crippen molar-refractivity contribution in [3.8, 4) is 90.7 Å². The molecule has 0 amide bonds. The van der Waals surface area contributed by atoms with Crippen molar-refractivity contribution in [3.05, 3.63) is 222 Å². The fourth-order valence-electron chi connectivity index (χ4n) is 9.45. The normalized spacial score (nSPS) is 11.2. The van der Waals surface area contributed by atoms with Crippen molar-refractivity contribution in [2.45, 2.75) is 20.8 Å². The van der Waals surface area contributed by atoms with Crippen LogP contribution in [0.25, 0.3) is 106 Å². The average molecular weight is 847 g/mol. The second-order valence-electron chi connectivity index (χ2n) is 16.8. The second kappa shape index (κ2) is 16.7. The van der Waals surface area contributed by atoms with Crippen molar-refractivity contribution in [2.75, 3.05) is 0 Å². The summed E-state index contributed by atoms with van der Waals surface area (Å²) < 4.78 is 2.30. The van der Waals surface area contributed by atoms with Gasteiger partial charge in [0.05, 0.1) is 51.1 Å². The minimum absolute atomic E-state index is 0.432. The molecule has 3 aromatic heterocycles. The van der Waals surface area contributed by atoms with Crippen LogP contribution in [0, 0.1) is 32.1 Å². The maximum atomic E-state index is 10.9. The van der Waals surface area contributed by atoms with E-state index in [0.29, 0.717) is 28.3 Å². The number of hydrogen-bond acceptors (Lipinski definition) is 5. The van der Waals surface area contributed by atoms with Gasteiger partial charge in [0.15, 0.2) is 11.6 Å². The Morgan fingerprint density at radius 1 is 0.394 bits per heavy atom. The van der Waals surface area contributed by atoms with E-state index < -0.39 is 0 Å². The number of aromatic nitrogens is 5. The van der Waals surface area contributed by atoms with Gasteiger partial charge in [-0.05, 0) is 85.5 Å². The van der Waals surface area contributed by atoms with Crippen LogP contribution in [-0.4, -0.2) is 24.5 Å². The predicted molar refractivity (Wildman–Crippen MR) is 269 cm³/mol. The lowest BCUT2D eigenvalue weighted by Crippen LogP contribution is -2.06. The first kappa shape index (κ1) is 40.0. The third kappa shape index (κ3) is 7.29. The molecule has 0 aliphatic rings. The van der Waals surface area contributed by atoms with Gasteiger partial charge in [0, 0.05) is 44.2 Å². The molecule has 312 valence electrons. The van der Waals surface area contributed by atoms with Gasteiger partial charge >= 0.3 is 0 Å². The summed E-state index contributed by atoms with van der Waals surface area (Å²) >= 11 is 0. The molecule has 8 aromatic carbocycles. The second-order valence-corrected chi connectivity index (χ2v) is 16.8. The number of fused-ring (bicyclic) bond motifs is 3. The fourth-order valence-corrected chi connectivity index (χ4v) is 9.45. The molecule has 0 radical (unpaired) electrons. The predicted octanol–water partition coefficient (Wildman–Crippen LogP) is 14.8. The molecule has 0 bridgehead atoms. The summed E-state index contributed by atoms with van der Waals surface area (Å²) in [5.74, 6) is 0.944. The van der Waals surface area contributed by atoms with Gasteiger partial charge in [-0.15, -0.1) is 0 Å². The van der Waals surface area contributed by atoms with Gasteiger partial charge in [0.2, 0.25) is 0 Å². The van der Waals surface area contributed by atoms with Crippen molar-refractivity contribution in [1.82, 2.24) is 24.5 Å². The zero-order chi connectivity index (χ0) is 44.7. The summed E-state index contributed by atoms with van der Waals surface area (Å²) in [7, 11) is 0. The van der Waals surface area contributed by atoms with Crippen molar-refractivity contribution in [1.29, 1.82) is 5.26 Å². The van der Waals surface area contributed by atoms with E-state index in [9.17, 15) is 5.26 Å². The van der Waals surface area contributed by atoms with Gasteiger partial charge in [-0.3, -0.25) is 0 Å². The first-order chi connectivity index (χ1) is 32.4. The van der Waals surface area contributed by atoms with Gasteiger partial charge in [0.25, 0.3) is 0 Å². The molecule has 66 heavy (non-hydrogen) atoms. The van der Waals surface area contributed by atoms with E-state index in [0.717, 1.165) is 78.1 Å². The molecule has 0 fully saturated rings. The monoisotopic (exact) mass is 846 g/mol. The quantitative estimate of drug-likeness (QED) is 0.152. The Morgan fingerprint density at radius 2 is 0.803 bits per heavy atom. The van der Waals surface area contributed by atoms with Crippen molar-refractivity contribution in [2.24, 2.45) is 0 Å². The van der Waals surface area contributed by atoms with E-state index in [-0.39, 0.29) is 0 Å². The smallest absolute Gasteiger partial charge is 0.162 e. The molecular formula is C60H42N6. The number of para-hydroxylation sites is 1. The van der Waals surface area contributed by atoms with E-state index in [2.05, 4.69) is 135 Å². The van der Waals surface area contributed by atoms with Crippen LogP contribution in [0.4, 0.5) is 0 Å². The SMILES string of the molecule is Cc1cc(C)c(-c2ccc3c(c2)c2ccccc2n3-c2c(-c3nc(-c4ccccc4)cc(-c4ccccc4)n3)cc(C#N)cc2-c2nc(-c3ccccc3)cc(-c3ccccc3)n2)c(C)c1. The van der Waals surface area contributed by atoms with Crippen LogP contribution >= 0.6 is 0 Å². The van der Waals surface area contributed by atoms with Gasteiger partial charge in [-0.25, -0.2) is 19.9 Å². The number of aryl methyl sites for hydroxylation is 3. The summed E-state index contributed by atoms with van der Waals surface area (Å²) in [5, 5.41) is 13.1. The summed E-state index contributed by atoms with van der Waals surface area (Å²) in [6, 6.07) is 70.9. The lowest BCUT2D eigenvalue weighted by atomic mass is 9.93. The van der Waals surface area contributed by atoms with Crippen molar-refractivity contribution < 1.29 is 0 Å². The summed E-state index contributed by atoms with van der Waals surface area (Å²) in [6.45, 7) is 6.54. The molecule has 6 heteroatoms. The Bertz CT molecular complexity index is 3380. The minimum atomic E-state index is 0.432. The minimum Gasteiger partial charge on any atom is -0.308 e. The molecule has 0 saturated heterocycles. The molecule has 0 unspecified atom stereocenters. The number of benzene rings is 8. The van der Waals surface area contributed by atoms with E-state index >= 15 is 0 Å². The van der Waals surface area contributed by atoms with E-state index in [1.54, 1.807) is 0 Å². The van der Waals surface area contributed by atoms with Crippen LogP contribution < -0.4 is 0 Å². The summed E-state index contributed by atoms with van der Waals surface area (Å²) in [4.78, 5) is 21.5. The third-order valence-corrected chi connectivity index (χ3v) is 12.3. The van der Waals surface area contributed by atoms with E-state index in [1.165, 1.54) is 22.3 Å². The Hall–Kier alpha value is -8.79. The van der Waals surface area contributed by atoms with Gasteiger partial charge in [0.1, 0.15) is 0 Å². The Kier molecular flexibility index (Phi) is 10.1. The maximum absolute atomic E-state index is 10.9. The zero-order valence-electron chi connectivity index (χ0n) is 36.7. The molecule has 0 atom stereocenters. The Labute approximate surface area is 383 Å². The molecule has 0 aliphatic heterocycles. The maximum Gasteiger partial charge on any atom is 0.162 e. The number of nitriles is 1. The molecule has 3 heterocycles. The highest BCUT2D eigenvalue weighted by Gasteiger charge is 2.26. The third-order valence-electron chi connectivity index (χ3n) is 12.3. The molecule has 11 aromatic rings. The zero-order valence-corrected chi connectivity index (χ0v) is 36.7. The lowest BCUT2D eigenvalue weighted by molar-refractivity contribution is 1.12. The van der Waals surface area contributed by atoms with Crippen LogP contribution in [0.2, 0.25) is 0 Å². The highest BCUT2D eigenvalue weighted by Crippen LogP contribution is 2.44. The van der Waals surface area contributed by atoms with E-state index in [4.69, 9.17) is 19.9 Å². The van der Waals surface area contributed by atoms with Gasteiger partial charge in [-0.2, -0.15) is 5.26 Å². The number of hydrogen-bond donors (Lipinski definition) is 0. The topological polar surface area (TPSA) is 80.3 Å².